The van der Waals surface area contributed by atoms with Crippen molar-refractivity contribution in [3.05, 3.63) is 27.7 Å². The van der Waals surface area contributed by atoms with Crippen LogP contribution in [0, 0.1) is 0 Å². The molecule has 0 aliphatic heterocycles. The molecule has 0 aliphatic carbocycles. The summed E-state index contributed by atoms with van der Waals surface area (Å²) in [7, 11) is 0. The zero-order valence-corrected chi connectivity index (χ0v) is 13.7. The Labute approximate surface area is 131 Å². The quantitative estimate of drug-likeness (QED) is 0.854. The molecule has 0 atom stereocenters. The van der Waals surface area contributed by atoms with Crippen molar-refractivity contribution in [3.63, 3.8) is 0 Å². The number of carboxylic acids is 1. The van der Waals surface area contributed by atoms with Crippen molar-refractivity contribution in [2.75, 3.05) is 11.9 Å². The normalized spacial score (nSPS) is 11.1. The van der Waals surface area contributed by atoms with Gasteiger partial charge in [0.15, 0.2) is 0 Å². The summed E-state index contributed by atoms with van der Waals surface area (Å²) in [6.45, 7) is 4.94. The maximum Gasteiger partial charge on any atom is 0.329 e. The highest BCUT2D eigenvalue weighted by molar-refractivity contribution is 9.10. The second-order valence-corrected chi connectivity index (χ2v) is 5.84. The lowest BCUT2D eigenvalue weighted by molar-refractivity contribution is -0.147. The Balaban J connectivity index is 3.00. The third-order valence-corrected chi connectivity index (χ3v) is 4.35. The minimum atomic E-state index is -1.30. The number of carboxylic acid groups (broad SMARTS) is 1. The number of urea groups is 1. The van der Waals surface area contributed by atoms with Crippen molar-refractivity contribution in [2.45, 2.75) is 26.3 Å². The number of hydrogen-bond donors (Lipinski definition) is 2. The van der Waals surface area contributed by atoms with Crippen LogP contribution in [0.25, 0.3) is 0 Å². The molecule has 110 valence electrons. The number of rotatable bonds is 4. The molecule has 0 heterocycles. The van der Waals surface area contributed by atoms with E-state index in [4.69, 9.17) is 11.6 Å². The van der Waals surface area contributed by atoms with E-state index < -0.39 is 17.5 Å². The molecule has 2 amide bonds. The van der Waals surface area contributed by atoms with Gasteiger partial charge in [0.1, 0.15) is 5.54 Å². The number of aliphatic carboxylic acids is 1. The van der Waals surface area contributed by atoms with Gasteiger partial charge in [0, 0.05) is 6.54 Å². The average molecular weight is 364 g/mol. The van der Waals surface area contributed by atoms with Gasteiger partial charge in [0.25, 0.3) is 0 Å². The third-order valence-electron chi connectivity index (χ3n) is 2.95. The summed E-state index contributed by atoms with van der Waals surface area (Å²) in [6, 6.07) is 4.56. The predicted molar refractivity (Wildman–Crippen MR) is 82.3 cm³/mol. The Morgan fingerprint density at radius 1 is 1.45 bits per heavy atom. The molecule has 0 radical (unpaired) electrons. The van der Waals surface area contributed by atoms with Crippen LogP contribution in [0.3, 0.4) is 0 Å². The van der Waals surface area contributed by atoms with E-state index in [0.29, 0.717) is 15.2 Å². The van der Waals surface area contributed by atoms with Gasteiger partial charge >= 0.3 is 12.0 Å². The Hall–Kier alpha value is -1.27. The molecule has 0 fully saturated rings. The first kappa shape index (κ1) is 16.8. The van der Waals surface area contributed by atoms with Crippen molar-refractivity contribution in [2.24, 2.45) is 0 Å². The smallest absolute Gasteiger partial charge is 0.329 e. The minimum Gasteiger partial charge on any atom is -0.480 e. The maximum absolute atomic E-state index is 12.2. The van der Waals surface area contributed by atoms with Crippen LogP contribution in [0.4, 0.5) is 10.5 Å². The molecule has 20 heavy (non-hydrogen) atoms. The number of nitrogens with one attached hydrogen (secondary N) is 1. The van der Waals surface area contributed by atoms with Gasteiger partial charge in [-0.15, -0.1) is 0 Å². The minimum absolute atomic E-state index is 0.267. The van der Waals surface area contributed by atoms with Gasteiger partial charge in [-0.2, -0.15) is 0 Å². The highest BCUT2D eigenvalue weighted by Crippen LogP contribution is 2.30. The Bertz CT molecular complexity index is 534. The first-order valence-corrected chi connectivity index (χ1v) is 7.15. The summed E-state index contributed by atoms with van der Waals surface area (Å²) >= 11 is 9.22. The van der Waals surface area contributed by atoms with E-state index in [2.05, 4.69) is 21.2 Å². The van der Waals surface area contributed by atoms with Crippen LogP contribution in [0.15, 0.2) is 22.7 Å². The summed E-state index contributed by atoms with van der Waals surface area (Å²) in [4.78, 5) is 24.7. The number of amides is 2. The highest BCUT2D eigenvalue weighted by Gasteiger charge is 2.37. The van der Waals surface area contributed by atoms with Gasteiger partial charge in [-0.25, -0.2) is 9.59 Å². The fraction of sp³-hybridized carbons (Fsp3) is 0.385. The number of carbonyl (C=O) groups excluding carboxylic acids is 1. The lowest BCUT2D eigenvalue weighted by Crippen LogP contribution is -2.54. The van der Waals surface area contributed by atoms with Gasteiger partial charge in [-0.1, -0.05) is 17.7 Å². The second kappa shape index (κ2) is 6.45. The molecule has 0 saturated heterocycles. The standard InChI is InChI=1S/C13H16BrClN2O3/c1-4-17(13(2,3)11(18)19)12(20)16-9-7-5-6-8(15)10(9)14/h5-7H,4H2,1-3H3,(H,16,20)(H,18,19). The van der Waals surface area contributed by atoms with Crippen molar-refractivity contribution in [3.8, 4) is 0 Å². The van der Waals surface area contributed by atoms with Crippen LogP contribution >= 0.6 is 27.5 Å². The van der Waals surface area contributed by atoms with E-state index in [1.54, 1.807) is 25.1 Å². The van der Waals surface area contributed by atoms with Crippen molar-refractivity contribution >= 4 is 45.2 Å². The molecule has 7 heteroatoms. The topological polar surface area (TPSA) is 69.6 Å². The van der Waals surface area contributed by atoms with Crippen molar-refractivity contribution in [1.82, 2.24) is 4.90 Å². The van der Waals surface area contributed by atoms with E-state index in [-0.39, 0.29) is 6.54 Å². The zero-order valence-electron chi connectivity index (χ0n) is 11.4. The number of hydrogen-bond acceptors (Lipinski definition) is 2. The second-order valence-electron chi connectivity index (χ2n) is 4.64. The average Bonchev–Trinajstić information content (AvgIpc) is 2.35. The van der Waals surface area contributed by atoms with Gasteiger partial charge in [-0.3, -0.25) is 0 Å². The predicted octanol–water partition coefficient (Wildman–Crippen LogP) is 3.82. The van der Waals surface area contributed by atoms with Crippen LogP contribution < -0.4 is 5.32 Å². The molecule has 1 aromatic carbocycles. The number of carbonyl (C=O) groups is 2. The maximum atomic E-state index is 12.2. The summed E-state index contributed by atoms with van der Waals surface area (Å²) in [5, 5.41) is 12.3. The highest BCUT2D eigenvalue weighted by atomic mass is 79.9. The fourth-order valence-corrected chi connectivity index (χ4v) is 2.23. The van der Waals surface area contributed by atoms with Crippen LogP contribution in [0.5, 0.6) is 0 Å². The summed E-state index contributed by atoms with van der Waals surface area (Å²) in [5.41, 5.74) is -0.814. The monoisotopic (exact) mass is 362 g/mol. The number of anilines is 1. The zero-order chi connectivity index (χ0) is 15.5. The summed E-state index contributed by atoms with van der Waals surface area (Å²) < 4.78 is 0.555. The first-order valence-electron chi connectivity index (χ1n) is 5.97. The number of benzene rings is 1. The van der Waals surface area contributed by atoms with E-state index >= 15 is 0 Å². The first-order chi connectivity index (χ1) is 9.21. The summed E-state index contributed by atoms with van der Waals surface area (Å²) in [6.07, 6.45) is 0. The molecular formula is C13H16BrClN2O3. The molecule has 0 spiro atoms. The third kappa shape index (κ3) is 3.43. The summed E-state index contributed by atoms with van der Waals surface area (Å²) in [5.74, 6) is -1.07. The van der Waals surface area contributed by atoms with E-state index in [1.165, 1.54) is 18.7 Å². The number of likely N-dealkylation sites (N-methyl/N-ethyl adjacent to an activating group) is 1. The molecule has 1 rings (SSSR count). The molecule has 0 aromatic heterocycles. The Morgan fingerprint density at radius 3 is 2.55 bits per heavy atom. The van der Waals surface area contributed by atoms with Crippen LogP contribution in [0.2, 0.25) is 5.02 Å². The van der Waals surface area contributed by atoms with Crippen molar-refractivity contribution in [1.29, 1.82) is 0 Å². The molecule has 1 aromatic rings. The van der Waals surface area contributed by atoms with E-state index in [0.717, 1.165) is 0 Å². The number of nitrogens with zero attached hydrogens (tertiary/aromatic N) is 1. The van der Waals surface area contributed by atoms with Crippen LogP contribution in [0.1, 0.15) is 20.8 Å². The Morgan fingerprint density at radius 2 is 2.05 bits per heavy atom. The van der Waals surface area contributed by atoms with Gasteiger partial charge in [-0.05, 0) is 48.8 Å². The fourth-order valence-electron chi connectivity index (χ4n) is 1.69. The molecule has 0 bridgehead atoms. The SMILES string of the molecule is CCN(C(=O)Nc1cccc(Cl)c1Br)C(C)(C)C(=O)O. The molecule has 0 aliphatic rings. The molecule has 2 N–H and O–H groups in total. The van der Waals surface area contributed by atoms with E-state index in [1.807, 2.05) is 0 Å². The van der Waals surface area contributed by atoms with E-state index in [9.17, 15) is 14.7 Å². The van der Waals surface area contributed by atoms with Crippen LogP contribution in [-0.2, 0) is 4.79 Å². The lowest BCUT2D eigenvalue weighted by Gasteiger charge is -2.34. The Kier molecular flexibility index (Phi) is 5.42. The number of halogens is 2. The lowest BCUT2D eigenvalue weighted by atomic mass is 10.0. The van der Waals surface area contributed by atoms with Crippen LogP contribution in [-0.4, -0.2) is 34.1 Å². The largest absolute Gasteiger partial charge is 0.480 e. The molecule has 0 unspecified atom stereocenters. The van der Waals surface area contributed by atoms with Crippen molar-refractivity contribution < 1.29 is 14.7 Å². The van der Waals surface area contributed by atoms with Gasteiger partial charge in [0.05, 0.1) is 15.2 Å². The molecule has 0 saturated carbocycles. The molecular weight excluding hydrogens is 348 g/mol. The molecule has 5 nitrogen and oxygen atoms in total. The van der Waals surface area contributed by atoms with Gasteiger partial charge < -0.3 is 15.3 Å². The van der Waals surface area contributed by atoms with Gasteiger partial charge in [0.2, 0.25) is 0 Å².